The highest BCUT2D eigenvalue weighted by molar-refractivity contribution is 6.16. The van der Waals surface area contributed by atoms with Crippen molar-refractivity contribution in [1.82, 2.24) is 14.5 Å². The van der Waals surface area contributed by atoms with E-state index in [1.807, 2.05) is 6.07 Å². The normalized spacial score (nSPS) is 10.6. The number of rotatable bonds is 3. The summed E-state index contributed by atoms with van der Waals surface area (Å²) < 4.78 is 2.05. The van der Waals surface area contributed by atoms with Gasteiger partial charge in [0.1, 0.15) is 17.6 Å². The van der Waals surface area contributed by atoms with Gasteiger partial charge >= 0.3 is 0 Å². The molecule has 5 heteroatoms. The molecule has 0 fully saturated rings. The summed E-state index contributed by atoms with van der Waals surface area (Å²) in [7, 11) is 0. The van der Waals surface area contributed by atoms with E-state index < -0.39 is 0 Å². The third-order valence-electron chi connectivity index (χ3n) is 2.39. The molecule has 0 saturated carbocycles. The zero-order chi connectivity index (χ0) is 11.5. The summed E-state index contributed by atoms with van der Waals surface area (Å²) in [6, 6.07) is 3.70. The summed E-state index contributed by atoms with van der Waals surface area (Å²) in [6.45, 7) is 2.97. The first kappa shape index (κ1) is 10.9. The lowest BCUT2D eigenvalue weighted by Gasteiger charge is -2.04. The minimum Gasteiger partial charge on any atom is -0.326 e. The molecule has 2 aromatic heterocycles. The minimum absolute atomic E-state index is 0.372. The number of imidazole rings is 1. The second-order valence-electron chi connectivity index (χ2n) is 3.48. The van der Waals surface area contributed by atoms with Crippen molar-refractivity contribution < 1.29 is 0 Å². The van der Waals surface area contributed by atoms with Crippen LogP contribution in [0.4, 0.5) is 0 Å². The van der Waals surface area contributed by atoms with Crippen molar-refractivity contribution in [3.63, 3.8) is 0 Å². The highest BCUT2D eigenvalue weighted by Gasteiger charge is 2.10. The Hall–Kier alpha value is -1.60. The van der Waals surface area contributed by atoms with Crippen molar-refractivity contribution in [2.24, 2.45) is 0 Å². The van der Waals surface area contributed by atoms with Crippen LogP contribution in [0.3, 0.4) is 0 Å². The molecule has 0 bridgehead atoms. The van der Waals surface area contributed by atoms with Gasteiger partial charge in [-0.15, -0.1) is 11.6 Å². The molecular formula is C11H11ClN4. The maximum absolute atomic E-state index is 8.76. The Morgan fingerprint density at radius 1 is 1.56 bits per heavy atom. The van der Waals surface area contributed by atoms with Gasteiger partial charge in [0.2, 0.25) is 0 Å². The highest BCUT2D eigenvalue weighted by atomic mass is 35.5. The number of pyridine rings is 1. The monoisotopic (exact) mass is 234 g/mol. The van der Waals surface area contributed by atoms with Crippen LogP contribution < -0.4 is 0 Å². The van der Waals surface area contributed by atoms with Crippen molar-refractivity contribution in [3.8, 4) is 6.07 Å². The number of halogens is 1. The van der Waals surface area contributed by atoms with Crippen LogP contribution in [0.2, 0.25) is 0 Å². The first-order chi connectivity index (χ1) is 7.80. The molecule has 0 atom stereocenters. The summed E-state index contributed by atoms with van der Waals surface area (Å²) in [5.74, 6) is 1.20. The number of nitrogens with zero attached hydrogens (tertiary/aromatic N) is 4. The lowest BCUT2D eigenvalue weighted by molar-refractivity contribution is 0.671. The van der Waals surface area contributed by atoms with Crippen LogP contribution in [0.1, 0.15) is 24.9 Å². The highest BCUT2D eigenvalue weighted by Crippen LogP contribution is 2.18. The van der Waals surface area contributed by atoms with Crippen LogP contribution in [0.25, 0.3) is 11.0 Å². The molecule has 0 radical (unpaired) electrons. The van der Waals surface area contributed by atoms with Crippen molar-refractivity contribution in [3.05, 3.63) is 23.8 Å². The van der Waals surface area contributed by atoms with E-state index in [4.69, 9.17) is 16.9 Å². The molecule has 0 spiro atoms. The van der Waals surface area contributed by atoms with E-state index in [9.17, 15) is 0 Å². The molecule has 0 aliphatic heterocycles. The van der Waals surface area contributed by atoms with Gasteiger partial charge in [-0.1, -0.05) is 6.92 Å². The first-order valence-electron chi connectivity index (χ1n) is 5.11. The van der Waals surface area contributed by atoms with Crippen LogP contribution in [0, 0.1) is 11.3 Å². The third kappa shape index (κ3) is 1.74. The summed E-state index contributed by atoms with van der Waals surface area (Å²) in [4.78, 5) is 8.45. The van der Waals surface area contributed by atoms with E-state index in [0.717, 1.165) is 29.8 Å². The molecule has 0 aliphatic carbocycles. The SMILES string of the molecule is CCCn1c(CCl)nc2cc(C#N)ncc21. The number of aromatic nitrogens is 3. The van der Waals surface area contributed by atoms with Crippen LogP contribution in [0.5, 0.6) is 0 Å². The summed E-state index contributed by atoms with van der Waals surface area (Å²) >= 11 is 5.84. The van der Waals surface area contributed by atoms with Gasteiger partial charge in [-0.2, -0.15) is 5.26 Å². The average Bonchev–Trinajstić information content (AvgIpc) is 2.67. The molecular weight excluding hydrogens is 224 g/mol. The molecule has 0 aromatic carbocycles. The molecule has 0 unspecified atom stereocenters. The molecule has 0 N–H and O–H groups in total. The van der Waals surface area contributed by atoms with E-state index in [-0.39, 0.29) is 0 Å². The largest absolute Gasteiger partial charge is 0.326 e. The Balaban J connectivity index is 2.63. The summed E-state index contributed by atoms with van der Waals surface area (Å²) in [5, 5.41) is 8.76. The van der Waals surface area contributed by atoms with Gasteiger partial charge < -0.3 is 4.57 Å². The molecule has 2 aromatic rings. The van der Waals surface area contributed by atoms with E-state index in [0.29, 0.717) is 11.6 Å². The number of alkyl halides is 1. The minimum atomic E-state index is 0.372. The van der Waals surface area contributed by atoms with Crippen LogP contribution in [-0.4, -0.2) is 14.5 Å². The number of fused-ring (bicyclic) bond motifs is 1. The zero-order valence-electron chi connectivity index (χ0n) is 8.94. The Bertz CT molecular complexity index is 553. The molecule has 0 aliphatic rings. The number of nitriles is 1. The second kappa shape index (κ2) is 4.50. The number of hydrogen-bond donors (Lipinski definition) is 0. The van der Waals surface area contributed by atoms with Gasteiger partial charge in [0, 0.05) is 12.6 Å². The Morgan fingerprint density at radius 3 is 3.00 bits per heavy atom. The van der Waals surface area contributed by atoms with E-state index in [1.54, 1.807) is 12.3 Å². The van der Waals surface area contributed by atoms with Crippen LogP contribution in [0.15, 0.2) is 12.3 Å². The fourth-order valence-corrected chi connectivity index (χ4v) is 1.91. The third-order valence-corrected chi connectivity index (χ3v) is 2.63. The maximum atomic E-state index is 8.76. The molecule has 2 rings (SSSR count). The molecule has 0 saturated heterocycles. The second-order valence-corrected chi connectivity index (χ2v) is 3.75. The van der Waals surface area contributed by atoms with E-state index in [2.05, 4.69) is 21.5 Å². The van der Waals surface area contributed by atoms with Crippen LogP contribution in [-0.2, 0) is 12.4 Å². The maximum Gasteiger partial charge on any atom is 0.142 e. The first-order valence-corrected chi connectivity index (χ1v) is 5.64. The van der Waals surface area contributed by atoms with Gasteiger partial charge in [0.05, 0.1) is 23.1 Å². The lowest BCUT2D eigenvalue weighted by Crippen LogP contribution is -2.01. The zero-order valence-corrected chi connectivity index (χ0v) is 9.70. The molecule has 2 heterocycles. The smallest absolute Gasteiger partial charge is 0.142 e. The molecule has 16 heavy (non-hydrogen) atoms. The Labute approximate surface area is 98.5 Å². The van der Waals surface area contributed by atoms with Crippen LogP contribution >= 0.6 is 11.6 Å². The Morgan fingerprint density at radius 2 is 2.38 bits per heavy atom. The average molecular weight is 235 g/mol. The van der Waals surface area contributed by atoms with Crippen molar-refractivity contribution >= 4 is 22.6 Å². The van der Waals surface area contributed by atoms with Gasteiger partial charge in [0.15, 0.2) is 0 Å². The van der Waals surface area contributed by atoms with Crippen molar-refractivity contribution in [2.45, 2.75) is 25.8 Å². The van der Waals surface area contributed by atoms with Crippen molar-refractivity contribution in [1.29, 1.82) is 5.26 Å². The number of hydrogen-bond acceptors (Lipinski definition) is 3. The van der Waals surface area contributed by atoms with Gasteiger partial charge in [-0.05, 0) is 6.42 Å². The molecule has 82 valence electrons. The van der Waals surface area contributed by atoms with Crippen molar-refractivity contribution in [2.75, 3.05) is 0 Å². The number of aryl methyl sites for hydroxylation is 1. The van der Waals surface area contributed by atoms with Gasteiger partial charge in [-0.25, -0.2) is 9.97 Å². The standard InChI is InChI=1S/C11H11ClN4/c1-2-3-16-10-7-14-8(6-13)4-9(10)15-11(16)5-12/h4,7H,2-3,5H2,1H3. The molecule has 0 amide bonds. The topological polar surface area (TPSA) is 54.5 Å². The fourth-order valence-electron chi connectivity index (χ4n) is 1.71. The lowest BCUT2D eigenvalue weighted by atomic mass is 10.3. The Kier molecular flexibility index (Phi) is 3.07. The van der Waals surface area contributed by atoms with Gasteiger partial charge in [-0.3, -0.25) is 0 Å². The predicted molar refractivity (Wildman–Crippen MR) is 62.1 cm³/mol. The molecule has 4 nitrogen and oxygen atoms in total. The van der Waals surface area contributed by atoms with E-state index in [1.165, 1.54) is 0 Å². The van der Waals surface area contributed by atoms with Gasteiger partial charge in [0.25, 0.3) is 0 Å². The summed E-state index contributed by atoms with van der Waals surface area (Å²) in [6.07, 6.45) is 2.70. The quantitative estimate of drug-likeness (QED) is 0.767. The fraction of sp³-hybridized carbons (Fsp3) is 0.364. The summed E-state index contributed by atoms with van der Waals surface area (Å²) in [5.41, 5.74) is 2.11. The van der Waals surface area contributed by atoms with E-state index >= 15 is 0 Å². The predicted octanol–water partition coefficient (Wildman–Crippen LogP) is 2.45.